The van der Waals surface area contributed by atoms with E-state index in [1.54, 1.807) is 12.1 Å². The molecule has 100 valence electrons. The highest BCUT2D eigenvalue weighted by molar-refractivity contribution is 9.09. The maximum absolute atomic E-state index is 12.4. The Kier molecular flexibility index (Phi) is 4.33. The van der Waals surface area contributed by atoms with Gasteiger partial charge in [0, 0.05) is 11.4 Å². The molecule has 2 rings (SSSR count). The first-order valence-corrected chi connectivity index (χ1v) is 6.76. The van der Waals surface area contributed by atoms with E-state index in [1.165, 1.54) is 0 Å². The molecule has 0 amide bonds. The highest BCUT2D eigenvalue weighted by Crippen LogP contribution is 2.30. The van der Waals surface area contributed by atoms with Crippen molar-refractivity contribution in [3.8, 4) is 0 Å². The number of halogens is 4. The van der Waals surface area contributed by atoms with Crippen molar-refractivity contribution in [1.29, 1.82) is 0 Å². The molecule has 1 aromatic rings. The van der Waals surface area contributed by atoms with E-state index in [0.29, 0.717) is 5.92 Å². The van der Waals surface area contributed by atoms with Gasteiger partial charge in [-0.15, -0.1) is 0 Å². The molecule has 0 aliphatic carbocycles. The molecule has 1 saturated heterocycles. The van der Waals surface area contributed by atoms with Gasteiger partial charge in [0.25, 0.3) is 0 Å². The summed E-state index contributed by atoms with van der Waals surface area (Å²) in [6, 6.07) is 5.38. The summed E-state index contributed by atoms with van der Waals surface area (Å²) in [5.74, 6) is 0.451. The second-order valence-corrected chi connectivity index (χ2v) is 5.71. The Bertz CT molecular complexity index is 382. The Morgan fingerprint density at radius 2 is 1.94 bits per heavy atom. The van der Waals surface area contributed by atoms with Gasteiger partial charge in [-0.25, -0.2) is 0 Å². The predicted octanol–water partition coefficient (Wildman–Crippen LogP) is 4.05. The van der Waals surface area contributed by atoms with Crippen molar-refractivity contribution < 1.29 is 17.9 Å². The summed E-state index contributed by atoms with van der Waals surface area (Å²) < 4.78 is 42.5. The maximum atomic E-state index is 12.4. The molecule has 0 saturated carbocycles. The van der Waals surface area contributed by atoms with Crippen molar-refractivity contribution in [3.05, 3.63) is 35.4 Å². The first-order chi connectivity index (χ1) is 8.47. The molecule has 0 spiro atoms. The SMILES string of the molecule is FC(F)(F)c1ccc(CC(Br)C2CCOC2)cc1. The molecule has 1 heterocycles. The first kappa shape index (κ1) is 13.9. The minimum absolute atomic E-state index is 0.261. The Morgan fingerprint density at radius 1 is 1.28 bits per heavy atom. The molecule has 1 aliphatic rings. The normalized spacial score (nSPS) is 22.1. The van der Waals surface area contributed by atoms with Gasteiger partial charge in [0.2, 0.25) is 0 Å². The molecule has 1 aliphatic heterocycles. The van der Waals surface area contributed by atoms with Gasteiger partial charge in [-0.3, -0.25) is 0 Å². The Balaban J connectivity index is 1.97. The van der Waals surface area contributed by atoms with E-state index >= 15 is 0 Å². The van der Waals surface area contributed by atoms with Crippen molar-refractivity contribution in [2.75, 3.05) is 13.2 Å². The van der Waals surface area contributed by atoms with Crippen LogP contribution in [0.2, 0.25) is 0 Å². The molecule has 1 aromatic carbocycles. The molecule has 0 radical (unpaired) electrons. The molecule has 0 aromatic heterocycles. The Morgan fingerprint density at radius 3 is 2.44 bits per heavy atom. The smallest absolute Gasteiger partial charge is 0.381 e. The van der Waals surface area contributed by atoms with E-state index in [2.05, 4.69) is 15.9 Å². The average molecular weight is 323 g/mol. The molecule has 1 fully saturated rings. The van der Waals surface area contributed by atoms with Gasteiger partial charge in [-0.2, -0.15) is 13.2 Å². The molecular weight excluding hydrogens is 309 g/mol. The van der Waals surface area contributed by atoms with Crippen LogP contribution >= 0.6 is 15.9 Å². The van der Waals surface area contributed by atoms with Gasteiger partial charge in [0.05, 0.1) is 12.2 Å². The summed E-state index contributed by atoms with van der Waals surface area (Å²) in [5.41, 5.74) is 0.318. The summed E-state index contributed by atoms with van der Waals surface area (Å²) in [7, 11) is 0. The zero-order valence-electron chi connectivity index (χ0n) is 9.71. The number of benzene rings is 1. The summed E-state index contributed by atoms with van der Waals surface area (Å²) in [6.45, 7) is 1.51. The molecule has 2 atom stereocenters. The summed E-state index contributed by atoms with van der Waals surface area (Å²) in [5, 5.41) is 0. The fraction of sp³-hybridized carbons (Fsp3) is 0.538. The Hall–Kier alpha value is -0.550. The van der Waals surface area contributed by atoms with E-state index in [4.69, 9.17) is 4.74 Å². The number of ether oxygens (including phenoxy) is 1. The van der Waals surface area contributed by atoms with Crippen LogP contribution < -0.4 is 0 Å². The van der Waals surface area contributed by atoms with Gasteiger partial charge in [-0.1, -0.05) is 28.1 Å². The number of hydrogen-bond acceptors (Lipinski definition) is 1. The quantitative estimate of drug-likeness (QED) is 0.763. The molecule has 1 nitrogen and oxygen atoms in total. The van der Waals surface area contributed by atoms with Crippen LogP contribution in [0.4, 0.5) is 13.2 Å². The summed E-state index contributed by atoms with van der Waals surface area (Å²) in [4.78, 5) is 0.261. The average Bonchev–Trinajstić information content (AvgIpc) is 2.82. The summed E-state index contributed by atoms with van der Waals surface area (Å²) >= 11 is 3.60. The zero-order valence-corrected chi connectivity index (χ0v) is 11.3. The van der Waals surface area contributed by atoms with Crippen LogP contribution in [0, 0.1) is 5.92 Å². The van der Waals surface area contributed by atoms with Crippen molar-refractivity contribution >= 4 is 15.9 Å². The lowest BCUT2D eigenvalue weighted by Gasteiger charge is -2.16. The highest BCUT2D eigenvalue weighted by Gasteiger charge is 2.30. The molecular formula is C13H14BrF3O. The number of alkyl halides is 4. The third-order valence-electron chi connectivity index (χ3n) is 3.19. The van der Waals surface area contributed by atoms with Gasteiger partial charge >= 0.3 is 6.18 Å². The van der Waals surface area contributed by atoms with E-state index in [1.807, 2.05) is 0 Å². The molecule has 0 bridgehead atoms. The standard InChI is InChI=1S/C13H14BrF3O/c14-12(10-5-6-18-8-10)7-9-1-3-11(4-2-9)13(15,16)17/h1-4,10,12H,5-8H2. The second kappa shape index (κ2) is 5.61. The second-order valence-electron chi connectivity index (χ2n) is 4.54. The van der Waals surface area contributed by atoms with E-state index in [-0.39, 0.29) is 4.83 Å². The lowest BCUT2D eigenvalue weighted by Crippen LogP contribution is -2.17. The van der Waals surface area contributed by atoms with E-state index < -0.39 is 11.7 Å². The molecule has 2 unspecified atom stereocenters. The van der Waals surface area contributed by atoms with Crippen LogP contribution in [0.3, 0.4) is 0 Å². The van der Waals surface area contributed by atoms with Gasteiger partial charge in [0.15, 0.2) is 0 Å². The van der Waals surface area contributed by atoms with Crippen molar-refractivity contribution in [3.63, 3.8) is 0 Å². The van der Waals surface area contributed by atoms with Gasteiger partial charge in [0.1, 0.15) is 0 Å². The predicted molar refractivity (Wildman–Crippen MR) is 66.8 cm³/mol. The topological polar surface area (TPSA) is 9.23 Å². The summed E-state index contributed by atoms with van der Waals surface area (Å²) in [6.07, 6.45) is -2.52. The molecule has 18 heavy (non-hydrogen) atoms. The third kappa shape index (κ3) is 3.48. The monoisotopic (exact) mass is 322 g/mol. The van der Waals surface area contributed by atoms with Crippen LogP contribution in [0.5, 0.6) is 0 Å². The number of rotatable bonds is 3. The Labute approximate surface area is 112 Å². The minimum atomic E-state index is -4.26. The van der Waals surface area contributed by atoms with Crippen molar-refractivity contribution in [1.82, 2.24) is 0 Å². The van der Waals surface area contributed by atoms with Gasteiger partial charge in [-0.05, 0) is 36.5 Å². The van der Waals surface area contributed by atoms with E-state index in [0.717, 1.165) is 43.8 Å². The lowest BCUT2D eigenvalue weighted by atomic mass is 9.98. The minimum Gasteiger partial charge on any atom is -0.381 e. The third-order valence-corrected chi connectivity index (χ3v) is 4.26. The fourth-order valence-corrected chi connectivity index (χ4v) is 2.85. The van der Waals surface area contributed by atoms with Crippen LogP contribution in [0.15, 0.2) is 24.3 Å². The van der Waals surface area contributed by atoms with Gasteiger partial charge < -0.3 is 4.74 Å². The zero-order chi connectivity index (χ0) is 13.2. The molecule has 5 heteroatoms. The maximum Gasteiger partial charge on any atom is 0.416 e. The fourth-order valence-electron chi connectivity index (χ4n) is 2.06. The largest absolute Gasteiger partial charge is 0.416 e. The van der Waals surface area contributed by atoms with Crippen LogP contribution in [-0.4, -0.2) is 18.0 Å². The first-order valence-electron chi connectivity index (χ1n) is 5.85. The van der Waals surface area contributed by atoms with Crippen LogP contribution in [0.1, 0.15) is 17.5 Å². The van der Waals surface area contributed by atoms with E-state index in [9.17, 15) is 13.2 Å². The molecule has 0 N–H and O–H groups in total. The lowest BCUT2D eigenvalue weighted by molar-refractivity contribution is -0.137. The van der Waals surface area contributed by atoms with Crippen LogP contribution in [-0.2, 0) is 17.3 Å². The van der Waals surface area contributed by atoms with Crippen molar-refractivity contribution in [2.45, 2.75) is 23.8 Å². The highest BCUT2D eigenvalue weighted by atomic mass is 79.9. The number of hydrogen-bond donors (Lipinski definition) is 0. The van der Waals surface area contributed by atoms with Crippen LogP contribution in [0.25, 0.3) is 0 Å². The van der Waals surface area contributed by atoms with Crippen molar-refractivity contribution in [2.24, 2.45) is 5.92 Å².